The SMILES string of the molecule is CCC(=O)N1CC(=O)N2[C@H](C1)[C@H](c1ccc(C#Cc3cccc(OC)c3)cc1)[C@@H]2CO. The predicted molar refractivity (Wildman–Crippen MR) is 117 cm³/mol. The van der Waals surface area contributed by atoms with E-state index in [2.05, 4.69) is 11.8 Å². The van der Waals surface area contributed by atoms with Gasteiger partial charge in [0.15, 0.2) is 0 Å². The van der Waals surface area contributed by atoms with E-state index in [-0.39, 0.29) is 43.0 Å². The van der Waals surface area contributed by atoms with E-state index in [9.17, 15) is 14.7 Å². The number of methoxy groups -OCH3 is 1. The highest BCUT2D eigenvalue weighted by atomic mass is 16.5. The molecule has 0 radical (unpaired) electrons. The molecule has 2 heterocycles. The number of hydrogen-bond donors (Lipinski definition) is 1. The largest absolute Gasteiger partial charge is 0.497 e. The second-order valence-electron chi connectivity index (χ2n) is 7.88. The summed E-state index contributed by atoms with van der Waals surface area (Å²) in [5.74, 6) is 6.97. The van der Waals surface area contributed by atoms with E-state index in [0.717, 1.165) is 22.4 Å². The minimum Gasteiger partial charge on any atom is -0.497 e. The van der Waals surface area contributed by atoms with Crippen LogP contribution in [0.5, 0.6) is 5.75 Å². The molecule has 2 saturated heterocycles. The molecule has 2 amide bonds. The number of rotatable bonds is 4. The fourth-order valence-electron chi connectivity index (χ4n) is 4.55. The van der Waals surface area contributed by atoms with Crippen molar-refractivity contribution in [3.63, 3.8) is 0 Å². The van der Waals surface area contributed by atoms with Crippen LogP contribution in [-0.2, 0) is 9.59 Å². The molecular weight excluding hydrogens is 392 g/mol. The number of nitrogens with zero attached hydrogens (tertiary/aromatic N) is 2. The highest BCUT2D eigenvalue weighted by Crippen LogP contribution is 2.42. The molecule has 2 aromatic carbocycles. The molecular formula is C25H26N2O4. The van der Waals surface area contributed by atoms with Crippen molar-refractivity contribution in [1.29, 1.82) is 0 Å². The standard InChI is InChI=1S/C25H26N2O4/c1-3-23(29)26-14-21-25(22(16-28)27(21)24(30)15-26)19-11-9-17(10-12-19)7-8-18-5-4-6-20(13-18)31-2/h4-6,9-13,21-22,25,28H,3,14-16H2,1-2H3/t21-,22+,25+/m1/s1. The van der Waals surface area contributed by atoms with Gasteiger partial charge in [0, 0.05) is 30.0 Å². The van der Waals surface area contributed by atoms with E-state index in [1.807, 2.05) is 48.5 Å². The Hall–Kier alpha value is -3.30. The monoisotopic (exact) mass is 418 g/mol. The summed E-state index contributed by atoms with van der Waals surface area (Å²) in [5.41, 5.74) is 2.80. The quantitative estimate of drug-likeness (QED) is 0.772. The molecule has 0 saturated carbocycles. The van der Waals surface area contributed by atoms with Crippen LogP contribution in [0.15, 0.2) is 48.5 Å². The molecule has 0 spiro atoms. The predicted octanol–water partition coefficient (Wildman–Crippen LogP) is 2.00. The number of fused-ring (bicyclic) bond motifs is 1. The lowest BCUT2D eigenvalue weighted by atomic mass is 9.73. The molecule has 2 fully saturated rings. The van der Waals surface area contributed by atoms with Gasteiger partial charge in [-0.15, -0.1) is 0 Å². The van der Waals surface area contributed by atoms with Gasteiger partial charge in [-0.25, -0.2) is 0 Å². The summed E-state index contributed by atoms with van der Waals surface area (Å²) in [4.78, 5) is 28.1. The number of amides is 2. The fourth-order valence-corrected chi connectivity index (χ4v) is 4.55. The van der Waals surface area contributed by atoms with Gasteiger partial charge in [0.05, 0.1) is 32.3 Å². The van der Waals surface area contributed by atoms with E-state index in [0.29, 0.717) is 13.0 Å². The van der Waals surface area contributed by atoms with Crippen LogP contribution in [-0.4, -0.2) is 65.6 Å². The molecule has 6 nitrogen and oxygen atoms in total. The van der Waals surface area contributed by atoms with Gasteiger partial charge < -0.3 is 19.6 Å². The normalized spacial score (nSPS) is 22.2. The molecule has 0 unspecified atom stereocenters. The van der Waals surface area contributed by atoms with E-state index >= 15 is 0 Å². The molecule has 160 valence electrons. The summed E-state index contributed by atoms with van der Waals surface area (Å²) in [6.45, 7) is 2.33. The Morgan fingerprint density at radius 3 is 2.58 bits per heavy atom. The molecule has 1 N–H and O–H groups in total. The third-order valence-corrected chi connectivity index (χ3v) is 6.12. The van der Waals surface area contributed by atoms with Gasteiger partial charge in [-0.05, 0) is 35.9 Å². The van der Waals surface area contributed by atoms with Gasteiger partial charge in [-0.3, -0.25) is 9.59 Å². The number of piperazine rings is 1. The van der Waals surface area contributed by atoms with Crippen molar-refractivity contribution < 1.29 is 19.4 Å². The van der Waals surface area contributed by atoms with Crippen molar-refractivity contribution in [2.45, 2.75) is 31.3 Å². The molecule has 2 aliphatic rings. The minimum absolute atomic E-state index is 0.00167. The van der Waals surface area contributed by atoms with E-state index in [4.69, 9.17) is 4.74 Å². The molecule has 2 aliphatic heterocycles. The minimum atomic E-state index is -0.245. The van der Waals surface area contributed by atoms with Crippen molar-refractivity contribution in [2.24, 2.45) is 0 Å². The van der Waals surface area contributed by atoms with Crippen LogP contribution < -0.4 is 4.74 Å². The Kier molecular flexibility index (Phi) is 5.97. The number of carbonyl (C=O) groups excluding carboxylic acids is 2. The average Bonchev–Trinajstić information content (AvgIpc) is 2.79. The van der Waals surface area contributed by atoms with Crippen molar-refractivity contribution >= 4 is 11.8 Å². The summed E-state index contributed by atoms with van der Waals surface area (Å²) in [6, 6.07) is 15.2. The van der Waals surface area contributed by atoms with Gasteiger partial charge >= 0.3 is 0 Å². The van der Waals surface area contributed by atoms with Gasteiger partial charge in [-0.1, -0.05) is 37.0 Å². The maximum absolute atomic E-state index is 12.5. The molecule has 2 aromatic rings. The molecule has 4 rings (SSSR count). The molecule has 0 bridgehead atoms. The Morgan fingerprint density at radius 1 is 1.16 bits per heavy atom. The van der Waals surface area contributed by atoms with Crippen molar-refractivity contribution in [3.8, 4) is 17.6 Å². The molecule has 6 heteroatoms. The number of ether oxygens (including phenoxy) is 1. The van der Waals surface area contributed by atoms with E-state index < -0.39 is 0 Å². The Labute approximate surface area is 182 Å². The first kappa shape index (κ1) is 21.0. The summed E-state index contributed by atoms with van der Waals surface area (Å²) in [7, 11) is 1.63. The van der Waals surface area contributed by atoms with Gasteiger partial charge in [0.2, 0.25) is 11.8 Å². The molecule has 0 aliphatic carbocycles. The molecule has 31 heavy (non-hydrogen) atoms. The van der Waals surface area contributed by atoms with Crippen LogP contribution in [0.25, 0.3) is 0 Å². The third-order valence-electron chi connectivity index (χ3n) is 6.12. The van der Waals surface area contributed by atoms with E-state index in [1.54, 1.807) is 23.8 Å². The maximum atomic E-state index is 12.5. The smallest absolute Gasteiger partial charge is 0.242 e. The molecule has 3 atom stereocenters. The van der Waals surface area contributed by atoms with Crippen LogP contribution in [0.1, 0.15) is 36.0 Å². The third kappa shape index (κ3) is 4.01. The summed E-state index contributed by atoms with van der Waals surface area (Å²) < 4.78 is 5.23. The maximum Gasteiger partial charge on any atom is 0.242 e. The van der Waals surface area contributed by atoms with Gasteiger partial charge in [0.25, 0.3) is 0 Å². The number of benzene rings is 2. The first-order chi connectivity index (χ1) is 15.0. The number of hydrogen-bond acceptors (Lipinski definition) is 4. The van der Waals surface area contributed by atoms with Crippen molar-refractivity contribution in [2.75, 3.05) is 26.8 Å². The van der Waals surface area contributed by atoms with E-state index in [1.165, 1.54) is 0 Å². The zero-order valence-electron chi connectivity index (χ0n) is 17.7. The second-order valence-corrected chi connectivity index (χ2v) is 7.88. The summed E-state index contributed by atoms with van der Waals surface area (Å²) in [6.07, 6.45) is 0.384. The summed E-state index contributed by atoms with van der Waals surface area (Å²) in [5, 5.41) is 9.90. The topological polar surface area (TPSA) is 70.1 Å². The molecule has 0 aromatic heterocycles. The van der Waals surface area contributed by atoms with Gasteiger partial charge in [-0.2, -0.15) is 0 Å². The van der Waals surface area contributed by atoms with Crippen molar-refractivity contribution in [3.05, 3.63) is 65.2 Å². The number of aliphatic hydroxyl groups is 1. The van der Waals surface area contributed by atoms with Crippen molar-refractivity contribution in [1.82, 2.24) is 9.80 Å². The van der Waals surface area contributed by atoms with Crippen LogP contribution in [0, 0.1) is 11.8 Å². The van der Waals surface area contributed by atoms with Crippen LogP contribution in [0.2, 0.25) is 0 Å². The summed E-state index contributed by atoms with van der Waals surface area (Å²) >= 11 is 0. The second kappa shape index (κ2) is 8.83. The lowest BCUT2D eigenvalue weighted by molar-refractivity contribution is -0.166. The Morgan fingerprint density at radius 2 is 1.90 bits per heavy atom. The first-order valence-corrected chi connectivity index (χ1v) is 10.5. The zero-order chi connectivity index (χ0) is 22.0. The lowest BCUT2D eigenvalue weighted by Crippen LogP contribution is -2.73. The van der Waals surface area contributed by atoms with Crippen LogP contribution in [0.4, 0.5) is 0 Å². The Balaban J connectivity index is 1.52. The highest BCUT2D eigenvalue weighted by molar-refractivity contribution is 5.87. The first-order valence-electron chi connectivity index (χ1n) is 10.5. The lowest BCUT2D eigenvalue weighted by Gasteiger charge is -2.58. The average molecular weight is 418 g/mol. The highest BCUT2D eigenvalue weighted by Gasteiger charge is 2.54. The fraction of sp³-hybridized carbons (Fsp3) is 0.360. The van der Waals surface area contributed by atoms with Crippen LogP contribution in [0.3, 0.4) is 0 Å². The van der Waals surface area contributed by atoms with Gasteiger partial charge in [0.1, 0.15) is 5.75 Å². The zero-order valence-corrected chi connectivity index (χ0v) is 17.7. The number of carbonyl (C=O) groups is 2. The van der Waals surface area contributed by atoms with Crippen LogP contribution >= 0.6 is 0 Å². The number of aliphatic hydroxyl groups excluding tert-OH is 1. The Bertz CT molecular complexity index is 1040.